The van der Waals surface area contributed by atoms with E-state index in [2.05, 4.69) is 33.3 Å². The van der Waals surface area contributed by atoms with Crippen molar-refractivity contribution in [3.05, 3.63) is 58.1 Å². The number of allylic oxidation sites excluding steroid dienone is 1. The molecule has 2 aromatic rings. The fraction of sp³-hybridized carbons (Fsp3) is 0.350. The van der Waals surface area contributed by atoms with Crippen LogP contribution in [-0.2, 0) is 6.42 Å². The molecular weight excluding hydrogens is 312 g/mol. The molecule has 2 N–H and O–H groups in total. The number of phenols is 1. The Bertz CT molecular complexity index is 931. The Hall–Kier alpha value is -2.69. The van der Waals surface area contributed by atoms with Crippen molar-refractivity contribution in [1.29, 1.82) is 0 Å². The zero-order valence-corrected chi connectivity index (χ0v) is 15.0. The number of aromatic nitrogens is 2. The number of benzene rings is 1. The summed E-state index contributed by atoms with van der Waals surface area (Å²) >= 11 is 0. The highest BCUT2D eigenvalue weighted by Crippen LogP contribution is 2.23. The first kappa shape index (κ1) is 17.1. The molecule has 0 aliphatic carbocycles. The van der Waals surface area contributed by atoms with Crippen molar-refractivity contribution in [2.75, 3.05) is 11.9 Å². The third-order valence-corrected chi connectivity index (χ3v) is 4.80. The van der Waals surface area contributed by atoms with Gasteiger partial charge < -0.3 is 10.4 Å². The number of aromatic hydroxyl groups is 1. The Balaban J connectivity index is 1.84. The van der Waals surface area contributed by atoms with Crippen LogP contribution in [0.4, 0.5) is 5.82 Å². The maximum Gasteiger partial charge on any atom is 0.164 e. The summed E-state index contributed by atoms with van der Waals surface area (Å²) in [5, 5.41) is 14.2. The molecule has 0 spiro atoms. The number of fused-ring (bicyclic) bond motifs is 1. The van der Waals surface area contributed by atoms with Crippen LogP contribution in [0.1, 0.15) is 36.5 Å². The summed E-state index contributed by atoms with van der Waals surface area (Å²) in [6.07, 6.45) is 8.28. The summed E-state index contributed by atoms with van der Waals surface area (Å²) in [6.45, 7) is 6.88. The molecule has 1 aliphatic heterocycles. The molecule has 0 amide bonds. The smallest absolute Gasteiger partial charge is 0.164 e. The standard InChI is InChI=1S/C20H24N4O/c1-13-6-4-5-10-21-19-18(13)20(24-12-23-19)22-11-9-16-7-8-17(25)15(3)14(16)2/h5,7-8,10,12,25H,4,6,9,11H2,1-3H3,(H,21,22,23,24). The number of nitrogens with zero attached hydrogens (tertiary/aromatic N) is 3. The molecule has 0 bridgehead atoms. The lowest BCUT2D eigenvalue weighted by molar-refractivity contribution is 0.470. The molecule has 130 valence electrons. The maximum absolute atomic E-state index is 9.79. The molecule has 0 radical (unpaired) electrons. The molecule has 3 rings (SSSR count). The van der Waals surface area contributed by atoms with Crippen LogP contribution in [0.3, 0.4) is 0 Å². The summed E-state index contributed by atoms with van der Waals surface area (Å²) in [7, 11) is 0. The van der Waals surface area contributed by atoms with Gasteiger partial charge in [0.25, 0.3) is 0 Å². The predicted octanol–water partition coefficient (Wildman–Crippen LogP) is 2.55. The van der Waals surface area contributed by atoms with Gasteiger partial charge in [-0.15, -0.1) is 0 Å². The molecule has 2 heterocycles. The summed E-state index contributed by atoms with van der Waals surface area (Å²) in [4.78, 5) is 13.2. The van der Waals surface area contributed by atoms with Gasteiger partial charge in [0.15, 0.2) is 5.49 Å². The van der Waals surface area contributed by atoms with Gasteiger partial charge in [0, 0.05) is 12.7 Å². The van der Waals surface area contributed by atoms with Crippen molar-refractivity contribution in [2.24, 2.45) is 4.99 Å². The lowest BCUT2D eigenvalue weighted by Crippen LogP contribution is -2.34. The second-order valence-electron chi connectivity index (χ2n) is 6.42. The Morgan fingerprint density at radius 1 is 1.12 bits per heavy atom. The number of hydrogen-bond acceptors (Lipinski definition) is 5. The van der Waals surface area contributed by atoms with E-state index in [0.29, 0.717) is 5.75 Å². The van der Waals surface area contributed by atoms with Crippen LogP contribution in [0.15, 0.2) is 35.7 Å². The van der Waals surface area contributed by atoms with Gasteiger partial charge in [0.05, 0.1) is 5.22 Å². The number of phenolic OH excluding ortho intramolecular Hbond substituents is 1. The van der Waals surface area contributed by atoms with Crippen LogP contribution in [0.5, 0.6) is 5.75 Å². The van der Waals surface area contributed by atoms with E-state index in [1.807, 2.05) is 26.1 Å². The van der Waals surface area contributed by atoms with E-state index < -0.39 is 0 Å². The lowest BCUT2D eigenvalue weighted by Gasteiger charge is -2.12. The quantitative estimate of drug-likeness (QED) is 0.900. The average molecular weight is 336 g/mol. The lowest BCUT2D eigenvalue weighted by atomic mass is 10.00. The third kappa shape index (κ3) is 3.71. The van der Waals surface area contributed by atoms with E-state index in [4.69, 9.17) is 0 Å². The van der Waals surface area contributed by atoms with E-state index >= 15 is 0 Å². The largest absolute Gasteiger partial charge is 0.508 e. The fourth-order valence-corrected chi connectivity index (χ4v) is 3.07. The van der Waals surface area contributed by atoms with Gasteiger partial charge in [0.1, 0.15) is 17.9 Å². The number of rotatable bonds is 4. The first-order valence-corrected chi connectivity index (χ1v) is 8.63. The van der Waals surface area contributed by atoms with Gasteiger partial charge in [-0.2, -0.15) is 0 Å². The second-order valence-corrected chi connectivity index (χ2v) is 6.42. The van der Waals surface area contributed by atoms with E-state index in [-0.39, 0.29) is 0 Å². The zero-order chi connectivity index (χ0) is 17.8. The monoisotopic (exact) mass is 336 g/mol. The van der Waals surface area contributed by atoms with Gasteiger partial charge in [-0.05, 0) is 62.8 Å². The maximum atomic E-state index is 9.79. The summed E-state index contributed by atoms with van der Waals surface area (Å²) in [5.41, 5.74) is 5.29. The summed E-state index contributed by atoms with van der Waals surface area (Å²) in [6, 6.07) is 3.75. The van der Waals surface area contributed by atoms with Crippen molar-refractivity contribution < 1.29 is 5.11 Å². The molecule has 0 saturated heterocycles. The Labute approximate surface area is 147 Å². The van der Waals surface area contributed by atoms with Crippen molar-refractivity contribution in [3.63, 3.8) is 0 Å². The van der Waals surface area contributed by atoms with Crippen LogP contribution in [0, 0.1) is 13.8 Å². The number of nitrogens with one attached hydrogen (secondary N) is 1. The van der Waals surface area contributed by atoms with E-state index in [1.165, 1.54) is 11.1 Å². The summed E-state index contributed by atoms with van der Waals surface area (Å²) < 4.78 is 0. The molecule has 25 heavy (non-hydrogen) atoms. The van der Waals surface area contributed by atoms with Crippen LogP contribution >= 0.6 is 0 Å². The van der Waals surface area contributed by atoms with Crippen LogP contribution < -0.4 is 16.0 Å². The van der Waals surface area contributed by atoms with E-state index in [1.54, 1.807) is 12.4 Å². The molecule has 0 fully saturated rings. The predicted molar refractivity (Wildman–Crippen MR) is 100 cm³/mol. The van der Waals surface area contributed by atoms with Gasteiger partial charge in [-0.3, -0.25) is 0 Å². The zero-order valence-electron chi connectivity index (χ0n) is 15.0. The molecule has 1 aromatic heterocycles. The van der Waals surface area contributed by atoms with Crippen molar-refractivity contribution >= 4 is 11.4 Å². The third-order valence-electron chi connectivity index (χ3n) is 4.80. The molecule has 5 heteroatoms. The highest BCUT2D eigenvalue weighted by molar-refractivity contribution is 5.51. The van der Waals surface area contributed by atoms with Gasteiger partial charge in [-0.1, -0.05) is 17.7 Å². The second kappa shape index (κ2) is 7.47. The van der Waals surface area contributed by atoms with Gasteiger partial charge in [-0.25, -0.2) is 15.0 Å². The molecule has 5 nitrogen and oxygen atoms in total. The molecule has 0 saturated carbocycles. The summed E-state index contributed by atoms with van der Waals surface area (Å²) in [5.74, 6) is 1.20. The highest BCUT2D eigenvalue weighted by Gasteiger charge is 2.08. The van der Waals surface area contributed by atoms with Gasteiger partial charge in [0.2, 0.25) is 0 Å². The minimum atomic E-state index is 0.353. The first-order valence-electron chi connectivity index (χ1n) is 8.63. The molecule has 0 unspecified atom stereocenters. The number of anilines is 1. The van der Waals surface area contributed by atoms with E-state index in [0.717, 1.165) is 53.5 Å². The topological polar surface area (TPSA) is 70.4 Å². The minimum Gasteiger partial charge on any atom is -0.508 e. The normalized spacial score (nSPS) is 13.6. The Kier molecular flexibility index (Phi) is 5.12. The van der Waals surface area contributed by atoms with Crippen LogP contribution in [0.25, 0.3) is 5.57 Å². The van der Waals surface area contributed by atoms with Crippen molar-refractivity contribution in [3.8, 4) is 5.75 Å². The van der Waals surface area contributed by atoms with E-state index in [9.17, 15) is 5.11 Å². The van der Waals surface area contributed by atoms with Crippen molar-refractivity contribution in [1.82, 2.24) is 9.97 Å². The van der Waals surface area contributed by atoms with Crippen LogP contribution in [-0.4, -0.2) is 21.6 Å². The molecule has 1 aliphatic rings. The fourth-order valence-electron chi connectivity index (χ4n) is 3.07. The first-order chi connectivity index (χ1) is 12.1. The SMILES string of the molecule is CC1=c2c(NCCc3ccc(O)c(C)c3C)ncnc2=NC=CCC1. The molecule has 1 aromatic carbocycles. The minimum absolute atomic E-state index is 0.353. The van der Waals surface area contributed by atoms with Crippen LogP contribution in [0.2, 0.25) is 0 Å². The number of hydrogen-bond donors (Lipinski definition) is 2. The molecule has 0 atom stereocenters. The average Bonchev–Trinajstić information content (AvgIpc) is 2.59. The van der Waals surface area contributed by atoms with Crippen molar-refractivity contribution in [2.45, 2.75) is 40.0 Å². The Morgan fingerprint density at radius 3 is 2.80 bits per heavy atom. The molecular formula is C20H24N4O. The highest BCUT2D eigenvalue weighted by atomic mass is 16.3. The Morgan fingerprint density at radius 2 is 1.96 bits per heavy atom. The van der Waals surface area contributed by atoms with Gasteiger partial charge >= 0.3 is 0 Å².